The Morgan fingerprint density at radius 1 is 1.33 bits per heavy atom. The molecule has 1 unspecified atom stereocenters. The Morgan fingerprint density at radius 2 is 2.00 bits per heavy atom. The van der Waals surface area contributed by atoms with Gasteiger partial charge in [0.2, 0.25) is 5.91 Å². The van der Waals surface area contributed by atoms with Crippen molar-refractivity contribution in [2.24, 2.45) is 17.6 Å². The third kappa shape index (κ3) is 5.76. The van der Waals surface area contributed by atoms with Crippen molar-refractivity contribution < 1.29 is 9.53 Å². The summed E-state index contributed by atoms with van der Waals surface area (Å²) in [5.41, 5.74) is 6.79. The van der Waals surface area contributed by atoms with Gasteiger partial charge in [-0.25, -0.2) is 0 Å². The van der Waals surface area contributed by atoms with Crippen LogP contribution in [0.1, 0.15) is 32.3 Å². The van der Waals surface area contributed by atoms with Crippen LogP contribution in [-0.4, -0.2) is 31.5 Å². The number of amides is 1. The number of carbonyl (C=O) groups is 1. The van der Waals surface area contributed by atoms with E-state index in [2.05, 4.69) is 13.8 Å². The second-order valence-corrected chi connectivity index (χ2v) is 6.00. The first-order valence-electron chi connectivity index (χ1n) is 7.53. The average molecular weight is 292 g/mol. The van der Waals surface area contributed by atoms with Crippen molar-refractivity contribution in [3.63, 3.8) is 0 Å². The molecule has 0 aliphatic heterocycles. The third-order valence-corrected chi connectivity index (χ3v) is 3.63. The van der Waals surface area contributed by atoms with Crippen LogP contribution in [0, 0.1) is 11.8 Å². The van der Waals surface area contributed by atoms with Gasteiger partial charge < -0.3 is 15.4 Å². The summed E-state index contributed by atoms with van der Waals surface area (Å²) in [7, 11) is 3.48. The predicted molar refractivity (Wildman–Crippen MR) is 86.1 cm³/mol. The van der Waals surface area contributed by atoms with Gasteiger partial charge in [0.05, 0.1) is 7.11 Å². The Kier molecular flexibility index (Phi) is 7.23. The standard InChI is InChI=1S/C17H28N2O2/c1-13(2)9-14(11-18)10-17(20)19(3)12-15-7-5-6-8-16(15)21-4/h5-8,13-14H,9-12,18H2,1-4H3. The van der Waals surface area contributed by atoms with E-state index in [0.717, 1.165) is 17.7 Å². The maximum absolute atomic E-state index is 12.3. The van der Waals surface area contributed by atoms with Crippen LogP contribution in [0.2, 0.25) is 0 Å². The Hall–Kier alpha value is -1.55. The second kappa shape index (κ2) is 8.67. The quantitative estimate of drug-likeness (QED) is 0.801. The van der Waals surface area contributed by atoms with Crippen LogP contribution in [0.4, 0.5) is 0 Å². The smallest absolute Gasteiger partial charge is 0.222 e. The highest BCUT2D eigenvalue weighted by molar-refractivity contribution is 5.76. The van der Waals surface area contributed by atoms with E-state index in [1.807, 2.05) is 31.3 Å². The number of methoxy groups -OCH3 is 1. The summed E-state index contributed by atoms with van der Waals surface area (Å²) >= 11 is 0. The Balaban J connectivity index is 2.61. The van der Waals surface area contributed by atoms with Gasteiger partial charge in [0.1, 0.15) is 5.75 Å². The Bertz CT molecular complexity index is 446. The van der Waals surface area contributed by atoms with Gasteiger partial charge in [-0.15, -0.1) is 0 Å². The fourth-order valence-electron chi connectivity index (χ4n) is 2.51. The number of carbonyl (C=O) groups excluding carboxylic acids is 1. The minimum Gasteiger partial charge on any atom is -0.496 e. The van der Waals surface area contributed by atoms with Gasteiger partial charge in [-0.2, -0.15) is 0 Å². The molecule has 1 atom stereocenters. The zero-order valence-corrected chi connectivity index (χ0v) is 13.6. The van der Waals surface area contributed by atoms with Crippen LogP contribution in [0.5, 0.6) is 5.75 Å². The number of rotatable bonds is 8. The number of nitrogens with zero attached hydrogens (tertiary/aromatic N) is 1. The summed E-state index contributed by atoms with van der Waals surface area (Å²) in [4.78, 5) is 14.1. The molecule has 1 aromatic rings. The maximum atomic E-state index is 12.3. The highest BCUT2D eigenvalue weighted by Crippen LogP contribution is 2.20. The van der Waals surface area contributed by atoms with Crippen LogP contribution < -0.4 is 10.5 Å². The van der Waals surface area contributed by atoms with Crippen molar-refractivity contribution in [1.82, 2.24) is 4.90 Å². The topological polar surface area (TPSA) is 55.6 Å². The number of nitrogens with two attached hydrogens (primary N) is 1. The minimum atomic E-state index is 0.136. The van der Waals surface area contributed by atoms with Crippen LogP contribution in [0.25, 0.3) is 0 Å². The maximum Gasteiger partial charge on any atom is 0.222 e. The van der Waals surface area contributed by atoms with Gasteiger partial charge in [-0.05, 0) is 30.9 Å². The number of benzene rings is 1. The van der Waals surface area contributed by atoms with Gasteiger partial charge in [0.25, 0.3) is 0 Å². The summed E-state index contributed by atoms with van der Waals surface area (Å²) < 4.78 is 5.32. The number of hydrogen-bond donors (Lipinski definition) is 1. The predicted octanol–water partition coefficient (Wildman–Crippen LogP) is 2.66. The SMILES string of the molecule is COc1ccccc1CN(C)C(=O)CC(CN)CC(C)C. The van der Waals surface area contributed by atoms with E-state index in [4.69, 9.17) is 10.5 Å². The fraction of sp³-hybridized carbons (Fsp3) is 0.588. The van der Waals surface area contributed by atoms with E-state index in [1.54, 1.807) is 12.0 Å². The Labute approximate surface area is 128 Å². The first-order valence-corrected chi connectivity index (χ1v) is 7.53. The van der Waals surface area contributed by atoms with E-state index in [1.165, 1.54) is 0 Å². The lowest BCUT2D eigenvalue weighted by Crippen LogP contribution is -2.30. The highest BCUT2D eigenvalue weighted by Gasteiger charge is 2.18. The second-order valence-electron chi connectivity index (χ2n) is 6.00. The molecule has 1 rings (SSSR count). The summed E-state index contributed by atoms with van der Waals surface area (Å²) in [6.07, 6.45) is 1.51. The van der Waals surface area contributed by atoms with Crippen LogP contribution >= 0.6 is 0 Å². The van der Waals surface area contributed by atoms with Gasteiger partial charge in [0, 0.05) is 25.6 Å². The molecule has 0 aliphatic carbocycles. The van der Waals surface area contributed by atoms with Crippen LogP contribution in [0.15, 0.2) is 24.3 Å². The molecule has 4 heteroatoms. The molecule has 0 aromatic heterocycles. The molecule has 0 aliphatic rings. The lowest BCUT2D eigenvalue weighted by Gasteiger charge is -2.22. The summed E-state index contributed by atoms with van der Waals surface area (Å²) in [6, 6.07) is 7.78. The Morgan fingerprint density at radius 3 is 2.57 bits per heavy atom. The number of para-hydroxylation sites is 1. The molecule has 21 heavy (non-hydrogen) atoms. The first-order chi connectivity index (χ1) is 9.97. The van der Waals surface area contributed by atoms with E-state index >= 15 is 0 Å². The van der Waals surface area contributed by atoms with E-state index in [9.17, 15) is 4.79 Å². The van der Waals surface area contributed by atoms with E-state index in [-0.39, 0.29) is 11.8 Å². The number of hydrogen-bond acceptors (Lipinski definition) is 3. The van der Waals surface area contributed by atoms with Crippen LogP contribution in [0.3, 0.4) is 0 Å². The summed E-state index contributed by atoms with van der Waals surface area (Å²) in [6.45, 7) is 5.44. The average Bonchev–Trinajstić information content (AvgIpc) is 2.46. The third-order valence-electron chi connectivity index (χ3n) is 3.63. The molecule has 0 spiro atoms. The van der Waals surface area contributed by atoms with Crippen molar-refractivity contribution in [2.75, 3.05) is 20.7 Å². The molecule has 118 valence electrons. The lowest BCUT2D eigenvalue weighted by molar-refractivity contribution is -0.131. The van der Waals surface area contributed by atoms with Gasteiger partial charge in [0.15, 0.2) is 0 Å². The van der Waals surface area contributed by atoms with Gasteiger partial charge in [-0.1, -0.05) is 32.0 Å². The van der Waals surface area contributed by atoms with Crippen molar-refractivity contribution in [3.05, 3.63) is 29.8 Å². The van der Waals surface area contributed by atoms with Gasteiger partial charge in [-0.3, -0.25) is 4.79 Å². The molecule has 1 aromatic carbocycles. The first kappa shape index (κ1) is 17.5. The lowest BCUT2D eigenvalue weighted by atomic mass is 9.94. The van der Waals surface area contributed by atoms with E-state index < -0.39 is 0 Å². The molecule has 0 heterocycles. The normalized spacial score (nSPS) is 12.3. The molecule has 0 saturated carbocycles. The molecular formula is C17H28N2O2. The molecule has 0 radical (unpaired) electrons. The van der Waals surface area contributed by atoms with Gasteiger partial charge >= 0.3 is 0 Å². The monoisotopic (exact) mass is 292 g/mol. The molecule has 1 amide bonds. The zero-order valence-electron chi connectivity index (χ0n) is 13.6. The molecule has 4 nitrogen and oxygen atoms in total. The number of ether oxygens (including phenoxy) is 1. The van der Waals surface area contributed by atoms with Crippen LogP contribution in [-0.2, 0) is 11.3 Å². The molecule has 0 fully saturated rings. The summed E-state index contributed by atoms with van der Waals surface area (Å²) in [5, 5.41) is 0. The van der Waals surface area contributed by atoms with Crippen molar-refractivity contribution in [2.45, 2.75) is 33.2 Å². The highest BCUT2D eigenvalue weighted by atomic mass is 16.5. The summed E-state index contributed by atoms with van der Waals surface area (Å²) in [5.74, 6) is 1.77. The minimum absolute atomic E-state index is 0.136. The molecular weight excluding hydrogens is 264 g/mol. The van der Waals surface area contributed by atoms with E-state index in [0.29, 0.717) is 25.4 Å². The molecule has 0 saturated heterocycles. The molecule has 2 N–H and O–H groups in total. The largest absolute Gasteiger partial charge is 0.496 e. The van der Waals surface area contributed by atoms with Crippen molar-refractivity contribution >= 4 is 5.91 Å². The fourth-order valence-corrected chi connectivity index (χ4v) is 2.51. The molecule has 0 bridgehead atoms. The zero-order chi connectivity index (χ0) is 15.8. The van der Waals surface area contributed by atoms with Crippen molar-refractivity contribution in [3.8, 4) is 5.75 Å². The van der Waals surface area contributed by atoms with Crippen molar-refractivity contribution in [1.29, 1.82) is 0 Å².